The van der Waals surface area contributed by atoms with Gasteiger partial charge in [0.15, 0.2) is 0 Å². The SMILES string of the molecule is CCc1ccc(C(C)C)c(OC(C)C)c1C(C)(C)C. The Hall–Kier alpha value is -0.980. The molecule has 0 spiro atoms. The summed E-state index contributed by atoms with van der Waals surface area (Å²) in [6.07, 6.45) is 1.27. The Balaban J connectivity index is 3.56. The molecule has 0 heterocycles. The van der Waals surface area contributed by atoms with Gasteiger partial charge in [-0.3, -0.25) is 0 Å². The zero-order valence-electron chi connectivity index (χ0n) is 13.9. The lowest BCUT2D eigenvalue weighted by molar-refractivity contribution is 0.233. The Labute approximate surface area is 119 Å². The lowest BCUT2D eigenvalue weighted by Gasteiger charge is -2.29. The highest BCUT2D eigenvalue weighted by Gasteiger charge is 2.26. The van der Waals surface area contributed by atoms with Gasteiger partial charge in [-0.25, -0.2) is 0 Å². The fourth-order valence-corrected chi connectivity index (χ4v) is 2.57. The average molecular weight is 262 g/mol. The van der Waals surface area contributed by atoms with Crippen LogP contribution in [0.3, 0.4) is 0 Å². The summed E-state index contributed by atoms with van der Waals surface area (Å²) in [5.74, 6) is 1.61. The zero-order valence-corrected chi connectivity index (χ0v) is 13.9. The molecule has 0 amide bonds. The zero-order chi connectivity index (χ0) is 14.8. The van der Waals surface area contributed by atoms with Crippen LogP contribution < -0.4 is 4.74 Å². The van der Waals surface area contributed by atoms with E-state index in [4.69, 9.17) is 4.74 Å². The van der Waals surface area contributed by atoms with E-state index in [1.54, 1.807) is 0 Å². The third-order valence-electron chi connectivity index (χ3n) is 3.38. The lowest BCUT2D eigenvalue weighted by Crippen LogP contribution is -2.20. The quantitative estimate of drug-likeness (QED) is 0.700. The maximum Gasteiger partial charge on any atom is 0.127 e. The summed E-state index contributed by atoms with van der Waals surface area (Å²) in [6.45, 7) is 17.7. The Morgan fingerprint density at radius 2 is 1.63 bits per heavy atom. The van der Waals surface area contributed by atoms with E-state index in [-0.39, 0.29) is 11.5 Å². The standard InChI is InChI=1S/C18H30O/c1-9-14-10-11-15(12(2)3)17(19-13(4)5)16(14)18(6,7)8/h10-13H,9H2,1-8H3. The minimum atomic E-state index is 0.112. The van der Waals surface area contributed by atoms with Crippen molar-refractivity contribution in [2.24, 2.45) is 0 Å². The Bertz CT molecular complexity index is 422. The first-order valence-electron chi connectivity index (χ1n) is 7.51. The van der Waals surface area contributed by atoms with Gasteiger partial charge in [-0.1, -0.05) is 53.7 Å². The van der Waals surface area contributed by atoms with Gasteiger partial charge in [0.05, 0.1) is 6.10 Å². The summed E-state index contributed by atoms with van der Waals surface area (Å²) in [5.41, 5.74) is 4.23. The maximum atomic E-state index is 6.21. The summed E-state index contributed by atoms with van der Waals surface area (Å²) < 4.78 is 6.21. The van der Waals surface area contributed by atoms with Crippen molar-refractivity contribution >= 4 is 0 Å². The van der Waals surface area contributed by atoms with Gasteiger partial charge in [0, 0.05) is 5.56 Å². The van der Waals surface area contributed by atoms with E-state index in [2.05, 4.69) is 67.5 Å². The third kappa shape index (κ3) is 3.75. The largest absolute Gasteiger partial charge is 0.490 e. The topological polar surface area (TPSA) is 9.23 Å². The van der Waals surface area contributed by atoms with Crippen molar-refractivity contribution < 1.29 is 4.74 Å². The minimum Gasteiger partial charge on any atom is -0.490 e. The molecule has 0 atom stereocenters. The molecule has 108 valence electrons. The molecule has 0 saturated heterocycles. The van der Waals surface area contributed by atoms with Crippen molar-refractivity contribution in [1.82, 2.24) is 0 Å². The molecule has 0 N–H and O–H groups in total. The van der Waals surface area contributed by atoms with Crippen molar-refractivity contribution in [2.45, 2.75) is 79.2 Å². The highest BCUT2D eigenvalue weighted by Crippen LogP contribution is 2.40. The average Bonchev–Trinajstić information content (AvgIpc) is 2.25. The number of aryl methyl sites for hydroxylation is 1. The molecule has 1 heteroatoms. The predicted molar refractivity (Wildman–Crippen MR) is 84.4 cm³/mol. The van der Waals surface area contributed by atoms with E-state index in [0.29, 0.717) is 5.92 Å². The molecule has 0 fully saturated rings. The van der Waals surface area contributed by atoms with Crippen molar-refractivity contribution in [1.29, 1.82) is 0 Å². The van der Waals surface area contributed by atoms with E-state index in [9.17, 15) is 0 Å². The molecule has 0 unspecified atom stereocenters. The normalized spacial score (nSPS) is 12.3. The van der Waals surface area contributed by atoms with Gasteiger partial charge in [-0.2, -0.15) is 0 Å². The molecule has 0 aliphatic rings. The van der Waals surface area contributed by atoms with Crippen molar-refractivity contribution in [2.75, 3.05) is 0 Å². The molecule has 0 radical (unpaired) electrons. The van der Waals surface area contributed by atoms with E-state index in [1.807, 2.05) is 0 Å². The smallest absolute Gasteiger partial charge is 0.127 e. The molecule has 1 rings (SSSR count). The van der Waals surface area contributed by atoms with Crippen molar-refractivity contribution in [3.05, 3.63) is 28.8 Å². The Kier molecular flexibility index (Phi) is 5.06. The number of benzene rings is 1. The minimum absolute atomic E-state index is 0.112. The first kappa shape index (κ1) is 16.1. The van der Waals surface area contributed by atoms with Gasteiger partial charge in [0.2, 0.25) is 0 Å². The summed E-state index contributed by atoms with van der Waals surface area (Å²) >= 11 is 0. The summed E-state index contributed by atoms with van der Waals surface area (Å²) in [4.78, 5) is 0. The van der Waals surface area contributed by atoms with Crippen LogP contribution in [0.1, 0.15) is 78.0 Å². The predicted octanol–water partition coefficient (Wildman–Crippen LogP) is 5.46. The molecule has 0 bridgehead atoms. The highest BCUT2D eigenvalue weighted by molar-refractivity contribution is 5.51. The molecule has 0 aliphatic carbocycles. The van der Waals surface area contributed by atoms with Gasteiger partial charge in [-0.05, 0) is 42.7 Å². The molecule has 1 aromatic rings. The fraction of sp³-hybridized carbons (Fsp3) is 0.667. The number of ether oxygens (including phenoxy) is 1. The second kappa shape index (κ2) is 5.98. The monoisotopic (exact) mass is 262 g/mol. The second-order valence-electron chi connectivity index (χ2n) is 6.94. The second-order valence-corrected chi connectivity index (χ2v) is 6.94. The van der Waals surface area contributed by atoms with Gasteiger partial charge in [0.25, 0.3) is 0 Å². The van der Waals surface area contributed by atoms with Crippen LogP contribution in [0.15, 0.2) is 12.1 Å². The van der Waals surface area contributed by atoms with Crippen LogP contribution in [0.2, 0.25) is 0 Å². The van der Waals surface area contributed by atoms with Gasteiger partial charge < -0.3 is 4.74 Å². The molecule has 1 nitrogen and oxygen atoms in total. The van der Waals surface area contributed by atoms with Crippen molar-refractivity contribution in [3.8, 4) is 5.75 Å². The van der Waals surface area contributed by atoms with Crippen LogP contribution >= 0.6 is 0 Å². The molecule has 0 saturated carbocycles. The summed E-state index contributed by atoms with van der Waals surface area (Å²) in [7, 11) is 0. The van der Waals surface area contributed by atoms with Crippen LogP contribution in [0.4, 0.5) is 0 Å². The number of hydrogen-bond donors (Lipinski definition) is 0. The molecule has 0 aromatic heterocycles. The van der Waals surface area contributed by atoms with Crippen LogP contribution in [-0.2, 0) is 11.8 Å². The third-order valence-corrected chi connectivity index (χ3v) is 3.38. The van der Waals surface area contributed by atoms with E-state index in [1.165, 1.54) is 16.7 Å². The molecule has 0 aliphatic heterocycles. The summed E-state index contributed by atoms with van der Waals surface area (Å²) in [5, 5.41) is 0. The van der Waals surface area contributed by atoms with E-state index in [0.717, 1.165) is 12.2 Å². The Morgan fingerprint density at radius 3 is 2.00 bits per heavy atom. The van der Waals surface area contributed by atoms with E-state index < -0.39 is 0 Å². The summed E-state index contributed by atoms with van der Waals surface area (Å²) in [6, 6.07) is 4.53. The molecular weight excluding hydrogens is 232 g/mol. The maximum absolute atomic E-state index is 6.21. The van der Waals surface area contributed by atoms with Gasteiger partial charge in [-0.15, -0.1) is 0 Å². The molecule has 19 heavy (non-hydrogen) atoms. The van der Waals surface area contributed by atoms with Crippen LogP contribution in [0.5, 0.6) is 5.75 Å². The van der Waals surface area contributed by atoms with Gasteiger partial charge in [0.1, 0.15) is 5.75 Å². The molecular formula is C18H30O. The molecule has 1 aromatic carbocycles. The van der Waals surface area contributed by atoms with Crippen LogP contribution in [0.25, 0.3) is 0 Å². The first-order valence-corrected chi connectivity index (χ1v) is 7.51. The fourth-order valence-electron chi connectivity index (χ4n) is 2.57. The number of hydrogen-bond acceptors (Lipinski definition) is 1. The van der Waals surface area contributed by atoms with Gasteiger partial charge >= 0.3 is 0 Å². The van der Waals surface area contributed by atoms with E-state index >= 15 is 0 Å². The highest BCUT2D eigenvalue weighted by atomic mass is 16.5. The van der Waals surface area contributed by atoms with Crippen LogP contribution in [-0.4, -0.2) is 6.10 Å². The van der Waals surface area contributed by atoms with Crippen LogP contribution in [0, 0.1) is 0 Å². The van der Waals surface area contributed by atoms with Crippen molar-refractivity contribution in [3.63, 3.8) is 0 Å². The number of rotatable bonds is 4. The first-order chi connectivity index (χ1) is 8.68. The Morgan fingerprint density at radius 1 is 1.05 bits per heavy atom. The lowest BCUT2D eigenvalue weighted by atomic mass is 9.80.